The van der Waals surface area contributed by atoms with Gasteiger partial charge in [-0.1, -0.05) is 28.1 Å². The Balaban J connectivity index is 2.07. The Morgan fingerprint density at radius 1 is 1.26 bits per heavy atom. The first-order valence-electron chi connectivity index (χ1n) is 5.57. The van der Waals surface area contributed by atoms with Crippen LogP contribution in [0, 0.1) is 5.82 Å². The molecule has 98 valence electrons. The van der Waals surface area contributed by atoms with Gasteiger partial charge in [0.2, 0.25) is 5.91 Å². The molecule has 0 spiro atoms. The summed E-state index contributed by atoms with van der Waals surface area (Å²) in [5.74, 6) is -0.742. The highest BCUT2D eigenvalue weighted by Gasteiger charge is 2.08. The van der Waals surface area contributed by atoms with Crippen LogP contribution in [0.25, 0.3) is 0 Å². The van der Waals surface area contributed by atoms with Crippen molar-refractivity contribution in [2.75, 3.05) is 5.32 Å². The lowest BCUT2D eigenvalue weighted by Gasteiger charge is -2.07. The Labute approximate surface area is 118 Å². The molecule has 0 aliphatic carbocycles. The number of hydrogen-bond acceptors (Lipinski definition) is 2. The smallest absolute Gasteiger partial charge is 0.228 e. The lowest BCUT2D eigenvalue weighted by molar-refractivity contribution is -0.115. The first-order chi connectivity index (χ1) is 9.04. The Hall–Kier alpha value is -1.88. The molecule has 0 atom stereocenters. The highest BCUT2D eigenvalue weighted by Crippen LogP contribution is 2.20. The van der Waals surface area contributed by atoms with Crippen molar-refractivity contribution in [1.29, 1.82) is 0 Å². The molecule has 2 aromatic carbocycles. The van der Waals surface area contributed by atoms with E-state index in [0.29, 0.717) is 10.0 Å². The molecule has 0 unspecified atom stereocenters. The summed E-state index contributed by atoms with van der Waals surface area (Å²) >= 11 is 3.21. The van der Waals surface area contributed by atoms with Gasteiger partial charge in [-0.3, -0.25) is 4.79 Å². The van der Waals surface area contributed by atoms with Crippen LogP contribution in [0.4, 0.5) is 10.1 Å². The summed E-state index contributed by atoms with van der Waals surface area (Å²) in [5, 5.41) is 11.8. The molecule has 0 aromatic heterocycles. The Morgan fingerprint density at radius 2 is 2.05 bits per heavy atom. The molecule has 19 heavy (non-hydrogen) atoms. The number of carbonyl (C=O) groups is 1. The first-order valence-corrected chi connectivity index (χ1v) is 6.37. The standard InChI is InChI=1S/C14H11BrFNO2/c15-10-4-5-12(16)13(8-10)17-14(19)7-9-2-1-3-11(18)6-9/h1-6,8,18H,7H2,(H,17,19). The summed E-state index contributed by atoms with van der Waals surface area (Å²) in [6, 6.07) is 10.7. The highest BCUT2D eigenvalue weighted by molar-refractivity contribution is 9.10. The van der Waals surface area contributed by atoms with Gasteiger partial charge >= 0.3 is 0 Å². The van der Waals surface area contributed by atoms with E-state index in [2.05, 4.69) is 21.2 Å². The zero-order chi connectivity index (χ0) is 13.8. The van der Waals surface area contributed by atoms with Crippen molar-refractivity contribution >= 4 is 27.5 Å². The van der Waals surface area contributed by atoms with Crippen LogP contribution in [0.3, 0.4) is 0 Å². The molecule has 0 saturated carbocycles. The minimum absolute atomic E-state index is 0.0698. The van der Waals surface area contributed by atoms with Gasteiger partial charge in [-0.2, -0.15) is 0 Å². The molecule has 0 saturated heterocycles. The van der Waals surface area contributed by atoms with E-state index in [0.717, 1.165) is 0 Å². The van der Waals surface area contributed by atoms with Crippen molar-refractivity contribution < 1.29 is 14.3 Å². The third kappa shape index (κ3) is 3.79. The van der Waals surface area contributed by atoms with Crippen LogP contribution in [0.2, 0.25) is 0 Å². The molecule has 2 rings (SSSR count). The van der Waals surface area contributed by atoms with Gasteiger partial charge in [0.25, 0.3) is 0 Å². The van der Waals surface area contributed by atoms with Crippen LogP contribution >= 0.6 is 15.9 Å². The van der Waals surface area contributed by atoms with E-state index in [1.54, 1.807) is 18.2 Å². The summed E-state index contributed by atoms with van der Waals surface area (Å²) < 4.78 is 14.1. The van der Waals surface area contributed by atoms with Crippen LogP contribution in [-0.2, 0) is 11.2 Å². The SMILES string of the molecule is O=C(Cc1cccc(O)c1)Nc1cc(Br)ccc1F. The average Bonchev–Trinajstić information content (AvgIpc) is 2.34. The predicted octanol–water partition coefficient (Wildman–Crippen LogP) is 3.48. The predicted molar refractivity (Wildman–Crippen MR) is 74.5 cm³/mol. The molecule has 5 heteroatoms. The fraction of sp³-hybridized carbons (Fsp3) is 0.0714. The molecule has 1 amide bonds. The van der Waals surface area contributed by atoms with Crippen LogP contribution < -0.4 is 5.32 Å². The van der Waals surface area contributed by atoms with Gasteiger partial charge < -0.3 is 10.4 Å². The van der Waals surface area contributed by atoms with E-state index in [1.807, 2.05) is 0 Å². The normalized spacial score (nSPS) is 10.2. The van der Waals surface area contributed by atoms with Gasteiger partial charge in [0.15, 0.2) is 0 Å². The van der Waals surface area contributed by atoms with Crippen molar-refractivity contribution in [3.05, 3.63) is 58.3 Å². The molecule has 0 bridgehead atoms. The number of halogens is 2. The van der Waals surface area contributed by atoms with E-state index in [-0.39, 0.29) is 23.8 Å². The number of aromatic hydroxyl groups is 1. The number of amides is 1. The number of nitrogens with one attached hydrogen (secondary N) is 1. The fourth-order valence-corrected chi connectivity index (χ4v) is 2.00. The van der Waals surface area contributed by atoms with Crippen molar-refractivity contribution in [3.63, 3.8) is 0 Å². The number of hydrogen-bond donors (Lipinski definition) is 2. The van der Waals surface area contributed by atoms with E-state index >= 15 is 0 Å². The third-order valence-electron chi connectivity index (χ3n) is 2.48. The van der Waals surface area contributed by atoms with E-state index in [1.165, 1.54) is 24.3 Å². The average molecular weight is 324 g/mol. The molecule has 3 nitrogen and oxygen atoms in total. The van der Waals surface area contributed by atoms with Gasteiger partial charge in [0, 0.05) is 4.47 Å². The molecule has 0 fully saturated rings. The molecule has 0 aliphatic rings. The van der Waals surface area contributed by atoms with E-state index in [9.17, 15) is 14.3 Å². The minimum Gasteiger partial charge on any atom is -0.508 e. The van der Waals surface area contributed by atoms with E-state index < -0.39 is 5.82 Å². The van der Waals surface area contributed by atoms with Gasteiger partial charge in [0.1, 0.15) is 11.6 Å². The quantitative estimate of drug-likeness (QED) is 0.908. The maximum atomic E-state index is 13.5. The molecule has 0 aliphatic heterocycles. The molecule has 0 heterocycles. The third-order valence-corrected chi connectivity index (χ3v) is 2.97. The van der Waals surface area contributed by atoms with Crippen molar-refractivity contribution in [2.24, 2.45) is 0 Å². The fourth-order valence-electron chi connectivity index (χ4n) is 1.64. The van der Waals surface area contributed by atoms with Gasteiger partial charge in [0.05, 0.1) is 12.1 Å². The number of phenolic OH excluding ortho intramolecular Hbond substituents is 1. The maximum Gasteiger partial charge on any atom is 0.228 e. The van der Waals surface area contributed by atoms with Gasteiger partial charge in [-0.15, -0.1) is 0 Å². The number of carbonyl (C=O) groups excluding carboxylic acids is 1. The van der Waals surface area contributed by atoms with E-state index in [4.69, 9.17) is 0 Å². The molecule has 0 radical (unpaired) electrons. The van der Waals surface area contributed by atoms with Crippen molar-refractivity contribution in [2.45, 2.75) is 6.42 Å². The number of anilines is 1. The molecule has 2 aromatic rings. The maximum absolute atomic E-state index is 13.5. The summed E-state index contributed by atoms with van der Waals surface area (Å²) in [6.07, 6.45) is 0.0698. The molecular formula is C14H11BrFNO2. The second-order valence-electron chi connectivity index (χ2n) is 4.02. The van der Waals surface area contributed by atoms with Crippen LogP contribution in [-0.4, -0.2) is 11.0 Å². The van der Waals surface area contributed by atoms with Crippen LogP contribution in [0.1, 0.15) is 5.56 Å². The van der Waals surface area contributed by atoms with Gasteiger partial charge in [-0.25, -0.2) is 4.39 Å². The highest BCUT2D eigenvalue weighted by atomic mass is 79.9. The van der Waals surface area contributed by atoms with Crippen LogP contribution in [0.5, 0.6) is 5.75 Å². The van der Waals surface area contributed by atoms with Crippen molar-refractivity contribution in [1.82, 2.24) is 0 Å². The second-order valence-corrected chi connectivity index (χ2v) is 4.93. The Bertz CT molecular complexity index is 616. The summed E-state index contributed by atoms with van der Waals surface area (Å²) in [5.41, 5.74) is 0.785. The topological polar surface area (TPSA) is 49.3 Å². The number of rotatable bonds is 3. The number of benzene rings is 2. The van der Waals surface area contributed by atoms with Crippen molar-refractivity contribution in [3.8, 4) is 5.75 Å². The first kappa shape index (κ1) is 13.5. The molecule has 2 N–H and O–H groups in total. The lowest BCUT2D eigenvalue weighted by Crippen LogP contribution is -2.15. The largest absolute Gasteiger partial charge is 0.508 e. The Morgan fingerprint density at radius 3 is 2.79 bits per heavy atom. The zero-order valence-corrected chi connectivity index (χ0v) is 11.4. The molecular weight excluding hydrogens is 313 g/mol. The second kappa shape index (κ2) is 5.84. The monoisotopic (exact) mass is 323 g/mol. The summed E-state index contributed by atoms with van der Waals surface area (Å²) in [6.45, 7) is 0. The summed E-state index contributed by atoms with van der Waals surface area (Å²) in [7, 11) is 0. The van der Waals surface area contributed by atoms with Gasteiger partial charge in [-0.05, 0) is 35.9 Å². The van der Waals surface area contributed by atoms with Crippen LogP contribution in [0.15, 0.2) is 46.9 Å². The zero-order valence-electron chi connectivity index (χ0n) is 9.86. The number of phenols is 1. The minimum atomic E-state index is -0.493. The Kier molecular flexibility index (Phi) is 4.16. The summed E-state index contributed by atoms with van der Waals surface area (Å²) in [4.78, 5) is 11.8. The lowest BCUT2D eigenvalue weighted by atomic mass is 10.1.